The van der Waals surface area contributed by atoms with Gasteiger partial charge in [0, 0.05) is 17.7 Å². The lowest BCUT2D eigenvalue weighted by Crippen LogP contribution is -2.23. The summed E-state index contributed by atoms with van der Waals surface area (Å²) in [6.07, 6.45) is 3.78. The third-order valence-corrected chi connectivity index (χ3v) is 4.65. The molecule has 1 aliphatic rings. The summed E-state index contributed by atoms with van der Waals surface area (Å²) in [5, 5.41) is 11.9. The van der Waals surface area contributed by atoms with Crippen LogP contribution in [0.1, 0.15) is 19.3 Å². The molecule has 6 heteroatoms. The van der Waals surface area contributed by atoms with E-state index in [1.54, 1.807) is 11.8 Å². The van der Waals surface area contributed by atoms with Crippen LogP contribution in [0.4, 0.5) is 5.82 Å². The maximum atomic E-state index is 11.9. The summed E-state index contributed by atoms with van der Waals surface area (Å²) in [5.41, 5.74) is 0.823. The summed E-state index contributed by atoms with van der Waals surface area (Å²) in [4.78, 5) is 11.9. The largest absolute Gasteiger partial charge is 0.377 e. The number of hydrogen-bond acceptors (Lipinski definition) is 5. The van der Waals surface area contributed by atoms with Gasteiger partial charge in [-0.25, -0.2) is 0 Å². The standard InChI is InChI=1S/C16H19N3O2S/c20-16(11-22-10-13-6-3-4-8-21-13)17-15-9-12-5-1-2-7-14(12)18-19-15/h1-2,5,7,9,13H,3-4,6,8,10-11H2,(H,17,19,20). The van der Waals surface area contributed by atoms with Crippen LogP contribution in [0.25, 0.3) is 10.9 Å². The zero-order valence-electron chi connectivity index (χ0n) is 12.3. The van der Waals surface area contributed by atoms with E-state index in [2.05, 4.69) is 15.5 Å². The summed E-state index contributed by atoms with van der Waals surface area (Å²) < 4.78 is 5.65. The zero-order chi connectivity index (χ0) is 15.2. The van der Waals surface area contributed by atoms with Crippen molar-refractivity contribution in [1.82, 2.24) is 10.2 Å². The molecule has 0 radical (unpaired) electrons. The molecule has 2 heterocycles. The molecule has 1 aromatic heterocycles. The van der Waals surface area contributed by atoms with Crippen LogP contribution in [0.15, 0.2) is 30.3 Å². The number of fused-ring (bicyclic) bond motifs is 1. The number of nitrogens with one attached hydrogen (secondary N) is 1. The van der Waals surface area contributed by atoms with Crippen LogP contribution in [0.3, 0.4) is 0 Å². The summed E-state index contributed by atoms with van der Waals surface area (Å²) in [6.45, 7) is 0.851. The highest BCUT2D eigenvalue weighted by Gasteiger charge is 2.14. The van der Waals surface area contributed by atoms with Crippen molar-refractivity contribution in [3.8, 4) is 0 Å². The molecule has 3 rings (SSSR count). The summed E-state index contributed by atoms with van der Waals surface area (Å²) >= 11 is 1.61. The lowest BCUT2D eigenvalue weighted by molar-refractivity contribution is -0.113. The first-order valence-corrected chi connectivity index (χ1v) is 8.68. The monoisotopic (exact) mass is 317 g/mol. The fourth-order valence-electron chi connectivity index (χ4n) is 2.45. The van der Waals surface area contributed by atoms with Gasteiger partial charge in [0.1, 0.15) is 0 Å². The van der Waals surface area contributed by atoms with Gasteiger partial charge in [0.2, 0.25) is 5.91 Å². The molecule has 2 aromatic rings. The molecule has 1 aromatic carbocycles. The number of ether oxygens (including phenoxy) is 1. The van der Waals surface area contributed by atoms with Gasteiger partial charge in [-0.3, -0.25) is 4.79 Å². The molecule has 22 heavy (non-hydrogen) atoms. The first-order valence-electron chi connectivity index (χ1n) is 7.53. The Morgan fingerprint density at radius 1 is 1.32 bits per heavy atom. The Balaban J connectivity index is 1.47. The van der Waals surface area contributed by atoms with Crippen molar-refractivity contribution in [2.45, 2.75) is 25.4 Å². The van der Waals surface area contributed by atoms with Crippen molar-refractivity contribution in [2.75, 3.05) is 23.4 Å². The third kappa shape index (κ3) is 4.18. The van der Waals surface area contributed by atoms with Gasteiger partial charge in [0.25, 0.3) is 0 Å². The lowest BCUT2D eigenvalue weighted by atomic mass is 10.1. The van der Waals surface area contributed by atoms with E-state index in [4.69, 9.17) is 4.74 Å². The maximum absolute atomic E-state index is 11.9. The van der Waals surface area contributed by atoms with Crippen LogP contribution < -0.4 is 5.32 Å². The number of aromatic nitrogens is 2. The van der Waals surface area contributed by atoms with Crippen LogP contribution in [-0.4, -0.2) is 40.3 Å². The van der Waals surface area contributed by atoms with E-state index < -0.39 is 0 Å². The van der Waals surface area contributed by atoms with Gasteiger partial charge in [0.05, 0.1) is 17.4 Å². The van der Waals surface area contributed by atoms with Crippen molar-refractivity contribution in [3.63, 3.8) is 0 Å². The molecule has 116 valence electrons. The average Bonchev–Trinajstić information content (AvgIpc) is 2.56. The molecule has 1 unspecified atom stereocenters. The van der Waals surface area contributed by atoms with E-state index >= 15 is 0 Å². The number of amides is 1. The topological polar surface area (TPSA) is 64.1 Å². The number of nitrogens with zero attached hydrogens (tertiary/aromatic N) is 2. The van der Waals surface area contributed by atoms with Gasteiger partial charge in [-0.1, -0.05) is 18.2 Å². The number of hydrogen-bond donors (Lipinski definition) is 1. The fourth-order valence-corrected chi connectivity index (χ4v) is 3.35. The molecule has 0 spiro atoms. The minimum absolute atomic E-state index is 0.0506. The quantitative estimate of drug-likeness (QED) is 0.918. The van der Waals surface area contributed by atoms with E-state index in [1.807, 2.05) is 30.3 Å². The molecule has 1 aliphatic heterocycles. The van der Waals surface area contributed by atoms with Crippen LogP contribution in [-0.2, 0) is 9.53 Å². The predicted octanol–water partition coefficient (Wildman–Crippen LogP) is 2.87. The minimum atomic E-state index is -0.0506. The highest BCUT2D eigenvalue weighted by molar-refractivity contribution is 8.00. The van der Waals surface area contributed by atoms with Gasteiger partial charge >= 0.3 is 0 Å². The van der Waals surface area contributed by atoms with E-state index in [0.717, 1.165) is 36.1 Å². The Hall–Kier alpha value is -1.66. The first kappa shape index (κ1) is 15.2. The Labute approximate surface area is 133 Å². The van der Waals surface area contributed by atoms with Gasteiger partial charge in [-0.2, -0.15) is 0 Å². The molecule has 1 saturated heterocycles. The highest BCUT2D eigenvalue weighted by atomic mass is 32.2. The Morgan fingerprint density at radius 2 is 2.23 bits per heavy atom. The van der Waals surface area contributed by atoms with Crippen LogP contribution in [0.2, 0.25) is 0 Å². The van der Waals surface area contributed by atoms with Crippen molar-refractivity contribution in [1.29, 1.82) is 0 Å². The van der Waals surface area contributed by atoms with Crippen LogP contribution in [0.5, 0.6) is 0 Å². The molecule has 0 aliphatic carbocycles. The molecule has 1 N–H and O–H groups in total. The highest BCUT2D eigenvalue weighted by Crippen LogP contribution is 2.18. The van der Waals surface area contributed by atoms with Gasteiger partial charge in [0.15, 0.2) is 5.82 Å². The number of carbonyl (C=O) groups excluding carboxylic acids is 1. The third-order valence-electron chi connectivity index (χ3n) is 3.57. The van der Waals surface area contributed by atoms with E-state index in [0.29, 0.717) is 17.7 Å². The second kappa shape index (κ2) is 7.56. The fraction of sp³-hybridized carbons (Fsp3) is 0.438. The number of rotatable bonds is 5. The van der Waals surface area contributed by atoms with Gasteiger partial charge in [-0.15, -0.1) is 22.0 Å². The Kier molecular flexibility index (Phi) is 5.24. The molecule has 5 nitrogen and oxygen atoms in total. The SMILES string of the molecule is O=C(CSCC1CCCCO1)Nc1cc2ccccc2nn1. The van der Waals surface area contributed by atoms with E-state index in [-0.39, 0.29) is 5.91 Å². The predicted molar refractivity (Wildman–Crippen MR) is 89.1 cm³/mol. The van der Waals surface area contributed by atoms with Crippen molar-refractivity contribution < 1.29 is 9.53 Å². The van der Waals surface area contributed by atoms with Crippen molar-refractivity contribution >= 4 is 34.4 Å². The van der Waals surface area contributed by atoms with E-state index in [1.165, 1.54) is 6.42 Å². The normalized spacial score (nSPS) is 18.3. The molecular formula is C16H19N3O2S. The smallest absolute Gasteiger partial charge is 0.235 e. The molecular weight excluding hydrogens is 298 g/mol. The molecule has 0 saturated carbocycles. The number of thioether (sulfide) groups is 1. The molecule has 0 bridgehead atoms. The second-order valence-electron chi connectivity index (χ2n) is 5.34. The Bertz CT molecular complexity index is 644. The summed E-state index contributed by atoms with van der Waals surface area (Å²) in [7, 11) is 0. The lowest BCUT2D eigenvalue weighted by Gasteiger charge is -2.21. The molecule has 1 amide bonds. The number of anilines is 1. The van der Waals surface area contributed by atoms with Crippen LogP contribution >= 0.6 is 11.8 Å². The Morgan fingerprint density at radius 3 is 3.09 bits per heavy atom. The van der Waals surface area contributed by atoms with Gasteiger partial charge < -0.3 is 10.1 Å². The summed E-state index contributed by atoms with van der Waals surface area (Å²) in [5.74, 6) is 1.73. The number of carbonyl (C=O) groups is 1. The number of benzene rings is 1. The average molecular weight is 317 g/mol. The zero-order valence-corrected chi connectivity index (χ0v) is 13.1. The van der Waals surface area contributed by atoms with Crippen molar-refractivity contribution in [3.05, 3.63) is 30.3 Å². The molecule has 1 fully saturated rings. The molecule has 1 atom stereocenters. The first-order chi connectivity index (χ1) is 10.8. The van der Waals surface area contributed by atoms with E-state index in [9.17, 15) is 4.79 Å². The minimum Gasteiger partial charge on any atom is -0.377 e. The second-order valence-corrected chi connectivity index (χ2v) is 6.37. The van der Waals surface area contributed by atoms with Gasteiger partial charge in [-0.05, 0) is 31.4 Å². The summed E-state index contributed by atoms with van der Waals surface area (Å²) in [6, 6.07) is 9.55. The maximum Gasteiger partial charge on any atom is 0.235 e. The van der Waals surface area contributed by atoms with Crippen LogP contribution in [0, 0.1) is 0 Å². The van der Waals surface area contributed by atoms with Crippen molar-refractivity contribution in [2.24, 2.45) is 0 Å².